The van der Waals surface area contributed by atoms with Crippen molar-refractivity contribution in [3.63, 3.8) is 0 Å². The maximum absolute atomic E-state index is 12.9. The van der Waals surface area contributed by atoms with E-state index in [1.807, 2.05) is 42.2 Å². The Bertz CT molecular complexity index is 1070. The first-order valence-electron chi connectivity index (χ1n) is 9.45. The van der Waals surface area contributed by atoms with Gasteiger partial charge in [-0.15, -0.1) is 11.3 Å². The first-order chi connectivity index (χ1) is 14.0. The zero-order valence-electron chi connectivity index (χ0n) is 16.1. The number of aromatic nitrogens is 2. The Labute approximate surface area is 178 Å². The zero-order chi connectivity index (χ0) is 20.4. The number of halogens is 1. The molecule has 3 aromatic rings. The highest BCUT2D eigenvalue weighted by atomic mass is 35.5. The summed E-state index contributed by atoms with van der Waals surface area (Å²) in [6.07, 6.45) is 5.61. The summed E-state index contributed by atoms with van der Waals surface area (Å²) in [7, 11) is 0. The monoisotopic (exact) mass is 427 g/mol. The molecule has 1 aliphatic rings. The molecule has 0 aliphatic carbocycles. The van der Waals surface area contributed by atoms with Gasteiger partial charge >= 0.3 is 0 Å². The SMILES string of the molecule is C[C@H]1C(=O)N(Cc2ccc3c(N)ncnc3c2)CCN1CC=Cc1ccc(Cl)s1. The Hall–Kier alpha value is -2.48. The normalized spacial score (nSPS) is 18.2. The predicted molar refractivity (Wildman–Crippen MR) is 119 cm³/mol. The lowest BCUT2D eigenvalue weighted by atomic mass is 10.1. The lowest BCUT2D eigenvalue weighted by Gasteiger charge is -2.38. The number of benzene rings is 1. The Balaban J connectivity index is 1.39. The van der Waals surface area contributed by atoms with E-state index in [0.29, 0.717) is 18.9 Å². The molecule has 0 unspecified atom stereocenters. The van der Waals surface area contributed by atoms with Crippen LogP contribution in [0.1, 0.15) is 17.4 Å². The minimum atomic E-state index is -0.154. The average molecular weight is 428 g/mol. The summed E-state index contributed by atoms with van der Waals surface area (Å²) in [5, 5.41) is 0.833. The predicted octanol–water partition coefficient (Wildman–Crippen LogP) is 3.67. The first-order valence-corrected chi connectivity index (χ1v) is 10.6. The third kappa shape index (κ3) is 4.42. The fourth-order valence-corrected chi connectivity index (χ4v) is 4.54. The molecule has 1 saturated heterocycles. The fourth-order valence-electron chi connectivity index (χ4n) is 3.54. The van der Waals surface area contributed by atoms with Gasteiger partial charge in [-0.3, -0.25) is 9.69 Å². The van der Waals surface area contributed by atoms with E-state index >= 15 is 0 Å². The second kappa shape index (κ2) is 8.49. The van der Waals surface area contributed by atoms with Crippen LogP contribution in [0, 0.1) is 0 Å². The molecule has 1 atom stereocenters. The number of carbonyl (C=O) groups excluding carboxylic acids is 1. The maximum atomic E-state index is 12.9. The van der Waals surface area contributed by atoms with Gasteiger partial charge in [-0.1, -0.05) is 23.7 Å². The molecule has 0 bridgehead atoms. The van der Waals surface area contributed by atoms with Gasteiger partial charge in [-0.05, 0) is 42.8 Å². The van der Waals surface area contributed by atoms with E-state index in [-0.39, 0.29) is 11.9 Å². The summed E-state index contributed by atoms with van der Waals surface area (Å²) in [4.78, 5) is 26.4. The maximum Gasteiger partial charge on any atom is 0.239 e. The van der Waals surface area contributed by atoms with E-state index in [2.05, 4.69) is 27.0 Å². The Morgan fingerprint density at radius 1 is 1.28 bits per heavy atom. The standard InChI is InChI=1S/C21H22ClN5OS/c1-14-21(28)27(10-9-26(14)8-2-3-16-5-7-19(22)29-16)12-15-4-6-17-18(11-15)24-13-25-20(17)23/h2-7,11,13-14H,8-10,12H2,1H3,(H2,23,24,25)/t14-/m0/s1. The molecule has 0 radical (unpaired) electrons. The summed E-state index contributed by atoms with van der Waals surface area (Å²) < 4.78 is 0.782. The van der Waals surface area contributed by atoms with Crippen molar-refractivity contribution in [2.24, 2.45) is 0 Å². The molecule has 3 heterocycles. The highest BCUT2D eigenvalue weighted by Crippen LogP contribution is 2.23. The number of piperazine rings is 1. The molecule has 1 fully saturated rings. The Morgan fingerprint density at radius 3 is 2.93 bits per heavy atom. The van der Waals surface area contributed by atoms with Crippen LogP contribution in [0.15, 0.2) is 42.7 Å². The van der Waals surface area contributed by atoms with E-state index in [9.17, 15) is 4.79 Å². The van der Waals surface area contributed by atoms with Crippen LogP contribution in [0.4, 0.5) is 5.82 Å². The number of anilines is 1. The van der Waals surface area contributed by atoms with Gasteiger partial charge < -0.3 is 10.6 Å². The highest BCUT2D eigenvalue weighted by Gasteiger charge is 2.30. The first kappa shape index (κ1) is 19.8. The van der Waals surface area contributed by atoms with Crippen molar-refractivity contribution in [1.29, 1.82) is 0 Å². The quantitative estimate of drug-likeness (QED) is 0.672. The van der Waals surface area contributed by atoms with Crippen LogP contribution in [0.25, 0.3) is 17.0 Å². The van der Waals surface area contributed by atoms with Gasteiger partial charge in [0.2, 0.25) is 5.91 Å². The van der Waals surface area contributed by atoms with Crippen LogP contribution in [-0.4, -0.2) is 51.4 Å². The molecule has 4 rings (SSSR count). The van der Waals surface area contributed by atoms with Crippen LogP contribution in [0.5, 0.6) is 0 Å². The van der Waals surface area contributed by atoms with E-state index < -0.39 is 0 Å². The van der Waals surface area contributed by atoms with Crippen molar-refractivity contribution in [2.75, 3.05) is 25.4 Å². The van der Waals surface area contributed by atoms with E-state index in [1.165, 1.54) is 6.33 Å². The molecule has 2 N–H and O–H groups in total. The Kier molecular flexibility index (Phi) is 5.80. The summed E-state index contributed by atoms with van der Waals surface area (Å²) in [5.74, 6) is 0.615. The molecule has 29 heavy (non-hydrogen) atoms. The molecule has 1 aromatic carbocycles. The molecule has 8 heteroatoms. The van der Waals surface area contributed by atoms with E-state index in [1.54, 1.807) is 11.3 Å². The summed E-state index contributed by atoms with van der Waals surface area (Å²) in [6, 6.07) is 9.63. The number of nitrogens with two attached hydrogens (primary N) is 1. The van der Waals surface area contributed by atoms with Crippen molar-refractivity contribution < 1.29 is 4.79 Å². The van der Waals surface area contributed by atoms with E-state index in [0.717, 1.165) is 38.8 Å². The summed E-state index contributed by atoms with van der Waals surface area (Å²) >= 11 is 7.51. The molecule has 0 saturated carbocycles. The third-order valence-electron chi connectivity index (χ3n) is 5.20. The summed E-state index contributed by atoms with van der Waals surface area (Å²) in [5.41, 5.74) is 7.73. The average Bonchev–Trinajstić information content (AvgIpc) is 3.12. The van der Waals surface area contributed by atoms with Crippen molar-refractivity contribution in [3.05, 3.63) is 57.5 Å². The highest BCUT2D eigenvalue weighted by molar-refractivity contribution is 7.16. The molecule has 1 aliphatic heterocycles. The molecular formula is C21H22ClN5OS. The minimum Gasteiger partial charge on any atom is -0.383 e. The number of thiophene rings is 1. The van der Waals surface area contributed by atoms with Gasteiger partial charge in [-0.25, -0.2) is 9.97 Å². The van der Waals surface area contributed by atoms with Crippen molar-refractivity contribution in [3.8, 4) is 0 Å². The van der Waals surface area contributed by atoms with Crippen molar-refractivity contribution in [1.82, 2.24) is 19.8 Å². The molecule has 2 aromatic heterocycles. The van der Waals surface area contributed by atoms with Crippen molar-refractivity contribution in [2.45, 2.75) is 19.5 Å². The molecule has 150 valence electrons. The lowest BCUT2D eigenvalue weighted by Crippen LogP contribution is -2.55. The third-order valence-corrected chi connectivity index (χ3v) is 6.39. The van der Waals surface area contributed by atoms with Crippen LogP contribution in [0.2, 0.25) is 4.34 Å². The van der Waals surface area contributed by atoms with Gasteiger partial charge in [0.1, 0.15) is 12.1 Å². The number of rotatable bonds is 5. The van der Waals surface area contributed by atoms with Crippen molar-refractivity contribution >= 4 is 51.6 Å². The largest absolute Gasteiger partial charge is 0.383 e. The topological polar surface area (TPSA) is 75.3 Å². The number of carbonyl (C=O) groups is 1. The molecule has 6 nitrogen and oxygen atoms in total. The van der Waals surface area contributed by atoms with Gasteiger partial charge in [0.15, 0.2) is 0 Å². The number of fused-ring (bicyclic) bond motifs is 1. The number of hydrogen-bond donors (Lipinski definition) is 1. The van der Waals surface area contributed by atoms with Gasteiger partial charge in [-0.2, -0.15) is 0 Å². The van der Waals surface area contributed by atoms with Crippen LogP contribution in [-0.2, 0) is 11.3 Å². The minimum absolute atomic E-state index is 0.145. The van der Waals surface area contributed by atoms with E-state index in [4.69, 9.17) is 17.3 Å². The van der Waals surface area contributed by atoms with Gasteiger partial charge in [0, 0.05) is 36.4 Å². The smallest absolute Gasteiger partial charge is 0.239 e. The molecule has 1 amide bonds. The zero-order valence-corrected chi connectivity index (χ0v) is 17.7. The molecule has 0 spiro atoms. The second-order valence-corrected chi connectivity index (χ2v) is 8.83. The number of nitrogens with zero attached hydrogens (tertiary/aromatic N) is 4. The van der Waals surface area contributed by atoms with Gasteiger partial charge in [0.25, 0.3) is 0 Å². The van der Waals surface area contributed by atoms with Crippen LogP contribution in [0.3, 0.4) is 0 Å². The Morgan fingerprint density at radius 2 is 2.14 bits per heavy atom. The lowest BCUT2D eigenvalue weighted by molar-refractivity contribution is -0.141. The fraction of sp³-hybridized carbons (Fsp3) is 0.286. The second-order valence-electron chi connectivity index (χ2n) is 7.09. The molecular weight excluding hydrogens is 406 g/mol. The van der Waals surface area contributed by atoms with Gasteiger partial charge in [0.05, 0.1) is 15.9 Å². The van der Waals surface area contributed by atoms with Crippen LogP contribution >= 0.6 is 22.9 Å². The van der Waals surface area contributed by atoms with Crippen LogP contribution < -0.4 is 5.73 Å². The summed E-state index contributed by atoms with van der Waals surface area (Å²) in [6.45, 7) is 4.82. The number of nitrogen functional groups attached to an aromatic ring is 1. The number of hydrogen-bond acceptors (Lipinski definition) is 6. The number of amides is 1.